The quantitative estimate of drug-likeness (QED) is 0.662. The van der Waals surface area contributed by atoms with Gasteiger partial charge in [0.2, 0.25) is 11.8 Å². The normalized spacial score (nSPS) is 17.4. The van der Waals surface area contributed by atoms with Gasteiger partial charge in [-0.2, -0.15) is 0 Å². The first-order valence-electron chi connectivity index (χ1n) is 9.01. The fourth-order valence-corrected chi connectivity index (χ4v) is 3.83. The maximum atomic E-state index is 12.5. The smallest absolute Gasteiger partial charge is 0.238 e. The van der Waals surface area contributed by atoms with E-state index in [-0.39, 0.29) is 19.3 Å². The molecular formula is C20H21ClN2O5S. The van der Waals surface area contributed by atoms with Gasteiger partial charge in [-0.25, -0.2) is 13.4 Å². The van der Waals surface area contributed by atoms with Crippen molar-refractivity contribution in [3.05, 3.63) is 64.7 Å². The molecule has 0 spiro atoms. The van der Waals surface area contributed by atoms with Crippen molar-refractivity contribution in [3.8, 4) is 5.88 Å². The average molecular weight is 437 g/mol. The summed E-state index contributed by atoms with van der Waals surface area (Å²) in [6.45, 7) is 1.10. The van der Waals surface area contributed by atoms with E-state index in [1.807, 2.05) is 18.2 Å². The topological polar surface area (TPSA) is 85.8 Å². The van der Waals surface area contributed by atoms with Crippen LogP contribution in [-0.4, -0.2) is 62.4 Å². The van der Waals surface area contributed by atoms with Crippen LogP contribution in [0.5, 0.6) is 5.88 Å². The molecule has 3 rings (SSSR count). The number of carbonyl (C=O) groups excluding carboxylic acids is 1. The van der Waals surface area contributed by atoms with Crippen molar-refractivity contribution in [2.45, 2.75) is 6.10 Å². The van der Waals surface area contributed by atoms with E-state index in [0.717, 1.165) is 11.0 Å². The number of benzene rings is 1. The van der Waals surface area contributed by atoms with Gasteiger partial charge in [-0.05, 0) is 17.7 Å². The lowest BCUT2D eigenvalue weighted by Gasteiger charge is -2.32. The molecule has 154 valence electrons. The Hall–Kier alpha value is -2.42. The summed E-state index contributed by atoms with van der Waals surface area (Å²) >= 11 is 5.78. The summed E-state index contributed by atoms with van der Waals surface area (Å²) in [5.74, 6) is -0.640. The molecule has 1 aromatic carbocycles. The summed E-state index contributed by atoms with van der Waals surface area (Å²) in [5.41, 5.74) is 0.753. The maximum absolute atomic E-state index is 12.5. The molecule has 0 radical (unpaired) electrons. The zero-order valence-corrected chi connectivity index (χ0v) is 17.2. The fourth-order valence-electron chi connectivity index (χ4n) is 2.73. The maximum Gasteiger partial charge on any atom is 0.238 e. The monoisotopic (exact) mass is 436 g/mol. The van der Waals surface area contributed by atoms with Gasteiger partial charge in [-0.3, -0.25) is 4.79 Å². The van der Waals surface area contributed by atoms with E-state index in [0.29, 0.717) is 24.1 Å². The molecule has 1 aliphatic rings. The van der Waals surface area contributed by atoms with E-state index in [1.54, 1.807) is 24.3 Å². The van der Waals surface area contributed by atoms with Crippen molar-refractivity contribution in [2.24, 2.45) is 0 Å². The Morgan fingerprint density at radius 2 is 2.07 bits per heavy atom. The zero-order chi connectivity index (χ0) is 20.7. The van der Waals surface area contributed by atoms with Crippen molar-refractivity contribution in [1.82, 2.24) is 9.88 Å². The Kier molecular flexibility index (Phi) is 7.24. The number of nitrogens with zero attached hydrogens (tertiary/aromatic N) is 2. The number of pyridine rings is 1. The molecule has 0 N–H and O–H groups in total. The molecule has 1 fully saturated rings. The van der Waals surface area contributed by atoms with E-state index in [4.69, 9.17) is 21.1 Å². The lowest BCUT2D eigenvalue weighted by atomic mass is 10.2. The Morgan fingerprint density at radius 3 is 2.79 bits per heavy atom. The summed E-state index contributed by atoms with van der Waals surface area (Å²) in [4.78, 5) is 18.0. The zero-order valence-electron chi connectivity index (χ0n) is 15.6. The standard InChI is InChI=1S/C20H21ClN2O5S/c21-17-6-7-19(22-12-17)28-14-18-13-23(9-10-27-18)20(24)15-29(25,26)11-8-16-4-2-1-3-5-16/h1-8,11-12,18H,9-10,13-15H2. The molecule has 1 amide bonds. The molecule has 1 aliphatic heterocycles. The van der Waals surface area contributed by atoms with Gasteiger partial charge in [0.1, 0.15) is 18.5 Å². The number of sulfone groups is 1. The van der Waals surface area contributed by atoms with Crippen molar-refractivity contribution in [1.29, 1.82) is 0 Å². The van der Waals surface area contributed by atoms with Gasteiger partial charge in [0.05, 0.1) is 18.2 Å². The Morgan fingerprint density at radius 1 is 1.28 bits per heavy atom. The number of morpholine rings is 1. The largest absolute Gasteiger partial charge is 0.475 e. The van der Waals surface area contributed by atoms with Crippen LogP contribution in [0.2, 0.25) is 5.02 Å². The number of rotatable bonds is 7. The molecular weight excluding hydrogens is 416 g/mol. The number of aromatic nitrogens is 1. The van der Waals surface area contributed by atoms with E-state index in [1.165, 1.54) is 17.2 Å². The Bertz CT molecular complexity index is 949. The average Bonchev–Trinajstić information content (AvgIpc) is 2.73. The van der Waals surface area contributed by atoms with Crippen LogP contribution in [0.25, 0.3) is 6.08 Å². The first-order chi connectivity index (χ1) is 13.9. The van der Waals surface area contributed by atoms with Gasteiger partial charge < -0.3 is 14.4 Å². The highest BCUT2D eigenvalue weighted by Gasteiger charge is 2.27. The van der Waals surface area contributed by atoms with E-state index in [9.17, 15) is 13.2 Å². The number of hydrogen-bond acceptors (Lipinski definition) is 6. The van der Waals surface area contributed by atoms with Crippen LogP contribution in [0.4, 0.5) is 0 Å². The van der Waals surface area contributed by atoms with E-state index < -0.39 is 21.5 Å². The highest BCUT2D eigenvalue weighted by Crippen LogP contribution is 2.14. The van der Waals surface area contributed by atoms with Crippen molar-refractivity contribution in [3.63, 3.8) is 0 Å². The fraction of sp³-hybridized carbons (Fsp3) is 0.300. The van der Waals surface area contributed by atoms with E-state index >= 15 is 0 Å². The Balaban J connectivity index is 1.52. The van der Waals surface area contributed by atoms with Gasteiger partial charge in [0.15, 0.2) is 9.84 Å². The molecule has 0 saturated carbocycles. The van der Waals surface area contributed by atoms with Crippen LogP contribution in [-0.2, 0) is 19.4 Å². The number of halogens is 1. The minimum Gasteiger partial charge on any atom is -0.475 e. The molecule has 9 heteroatoms. The van der Waals surface area contributed by atoms with Gasteiger partial charge in [-0.1, -0.05) is 41.9 Å². The molecule has 1 saturated heterocycles. The van der Waals surface area contributed by atoms with Gasteiger partial charge in [-0.15, -0.1) is 0 Å². The third kappa shape index (κ3) is 6.85. The molecule has 1 atom stereocenters. The second kappa shape index (κ2) is 9.87. The SMILES string of the molecule is O=C(CS(=O)(=O)C=Cc1ccccc1)N1CCOC(COc2ccc(Cl)cn2)C1. The highest BCUT2D eigenvalue weighted by molar-refractivity contribution is 7.95. The molecule has 0 bridgehead atoms. The van der Waals surface area contributed by atoms with Gasteiger partial charge in [0.25, 0.3) is 0 Å². The third-order valence-electron chi connectivity index (χ3n) is 4.20. The van der Waals surface area contributed by atoms with Crippen molar-refractivity contribution >= 4 is 33.4 Å². The van der Waals surface area contributed by atoms with Crippen molar-refractivity contribution < 1.29 is 22.7 Å². The van der Waals surface area contributed by atoms with Crippen LogP contribution in [0.3, 0.4) is 0 Å². The number of carbonyl (C=O) groups is 1. The minimum absolute atomic E-state index is 0.194. The van der Waals surface area contributed by atoms with Gasteiger partial charge in [0, 0.05) is 24.2 Å². The first kappa shape index (κ1) is 21.3. The minimum atomic E-state index is -3.67. The van der Waals surface area contributed by atoms with Gasteiger partial charge >= 0.3 is 0 Å². The van der Waals surface area contributed by atoms with Crippen LogP contribution in [0.15, 0.2) is 54.1 Å². The number of ether oxygens (including phenoxy) is 2. The second-order valence-electron chi connectivity index (χ2n) is 6.48. The van der Waals surface area contributed by atoms with Crippen molar-refractivity contribution in [2.75, 3.05) is 32.1 Å². The molecule has 2 heterocycles. The number of hydrogen-bond donors (Lipinski definition) is 0. The van der Waals surface area contributed by atoms with E-state index in [2.05, 4.69) is 4.98 Å². The second-order valence-corrected chi connectivity index (χ2v) is 8.80. The molecule has 0 aliphatic carbocycles. The Labute approximate surface area is 174 Å². The lowest BCUT2D eigenvalue weighted by molar-refractivity contribution is -0.137. The molecule has 7 nitrogen and oxygen atoms in total. The summed E-state index contributed by atoms with van der Waals surface area (Å²) in [7, 11) is -3.67. The molecule has 1 aromatic heterocycles. The summed E-state index contributed by atoms with van der Waals surface area (Å²) in [5, 5.41) is 1.58. The summed E-state index contributed by atoms with van der Waals surface area (Å²) in [6, 6.07) is 12.3. The molecule has 29 heavy (non-hydrogen) atoms. The highest BCUT2D eigenvalue weighted by atomic mass is 35.5. The number of amides is 1. The van der Waals surface area contributed by atoms with Crippen LogP contribution >= 0.6 is 11.6 Å². The summed E-state index contributed by atoms with van der Waals surface area (Å²) < 4.78 is 35.7. The van der Waals surface area contributed by atoms with Crippen LogP contribution in [0.1, 0.15) is 5.56 Å². The molecule has 1 unspecified atom stereocenters. The van der Waals surface area contributed by atoms with Crippen LogP contribution < -0.4 is 4.74 Å². The molecule has 2 aromatic rings. The first-order valence-corrected chi connectivity index (χ1v) is 11.1. The van der Waals surface area contributed by atoms with Crippen LogP contribution in [0, 0.1) is 0 Å². The lowest BCUT2D eigenvalue weighted by Crippen LogP contribution is -2.49. The summed E-state index contributed by atoms with van der Waals surface area (Å²) in [6.07, 6.45) is 2.59. The third-order valence-corrected chi connectivity index (χ3v) is 5.62. The predicted molar refractivity (Wildman–Crippen MR) is 110 cm³/mol. The predicted octanol–water partition coefficient (Wildman–Crippen LogP) is 2.43.